The van der Waals surface area contributed by atoms with Crippen LogP contribution < -0.4 is 5.32 Å². The second-order valence-corrected chi connectivity index (χ2v) is 6.93. The van der Waals surface area contributed by atoms with Gasteiger partial charge in [0.2, 0.25) is 0 Å². The minimum Gasteiger partial charge on any atom is -0.396 e. The summed E-state index contributed by atoms with van der Waals surface area (Å²) >= 11 is 0. The van der Waals surface area contributed by atoms with Gasteiger partial charge in [-0.15, -0.1) is 0 Å². The van der Waals surface area contributed by atoms with Crippen LogP contribution in [0.1, 0.15) is 53.4 Å². The lowest BCUT2D eigenvalue weighted by Crippen LogP contribution is -2.53. The van der Waals surface area contributed by atoms with Crippen molar-refractivity contribution in [1.82, 2.24) is 5.32 Å². The average Bonchev–Trinajstić information content (AvgIpc) is 2.64. The predicted octanol–water partition coefficient (Wildman–Crippen LogP) is 2.56. The number of aliphatic hydroxyl groups is 1. The lowest BCUT2D eigenvalue weighted by molar-refractivity contribution is 0.0961. The molecule has 2 unspecified atom stereocenters. The molecule has 2 aliphatic rings. The monoisotopic (exact) mass is 225 g/mol. The summed E-state index contributed by atoms with van der Waals surface area (Å²) in [6.07, 6.45) is 5.05. The van der Waals surface area contributed by atoms with Crippen LogP contribution in [-0.2, 0) is 0 Å². The first-order chi connectivity index (χ1) is 7.40. The molecule has 0 heterocycles. The first kappa shape index (κ1) is 12.4. The maximum Gasteiger partial charge on any atom is 0.0445 e. The highest BCUT2D eigenvalue weighted by Gasteiger charge is 2.59. The van der Waals surface area contributed by atoms with Gasteiger partial charge in [0.05, 0.1) is 0 Å². The van der Waals surface area contributed by atoms with E-state index in [0.717, 1.165) is 12.3 Å². The first-order valence-electron chi connectivity index (χ1n) is 6.77. The van der Waals surface area contributed by atoms with Crippen molar-refractivity contribution in [1.29, 1.82) is 0 Å². The molecule has 0 amide bonds. The predicted molar refractivity (Wildman–Crippen MR) is 67.3 cm³/mol. The summed E-state index contributed by atoms with van der Waals surface area (Å²) in [6.45, 7) is 9.78. The summed E-state index contributed by atoms with van der Waals surface area (Å²) in [5.74, 6) is 0.899. The highest BCUT2D eigenvalue weighted by atomic mass is 16.3. The van der Waals surface area contributed by atoms with Gasteiger partial charge >= 0.3 is 0 Å². The third-order valence-corrected chi connectivity index (χ3v) is 5.28. The molecule has 0 aromatic rings. The van der Waals surface area contributed by atoms with Gasteiger partial charge in [-0.3, -0.25) is 0 Å². The molecule has 0 spiro atoms. The fraction of sp³-hybridized carbons (Fsp3) is 1.00. The summed E-state index contributed by atoms with van der Waals surface area (Å²) in [7, 11) is 0. The fourth-order valence-electron chi connectivity index (χ4n) is 4.28. The highest BCUT2D eigenvalue weighted by molar-refractivity contribution is 5.12. The van der Waals surface area contributed by atoms with Crippen molar-refractivity contribution in [2.45, 2.75) is 65.5 Å². The van der Waals surface area contributed by atoms with E-state index in [2.05, 4.69) is 33.0 Å². The fourth-order valence-corrected chi connectivity index (χ4v) is 4.28. The van der Waals surface area contributed by atoms with E-state index in [1.54, 1.807) is 0 Å². The van der Waals surface area contributed by atoms with Crippen molar-refractivity contribution in [3.8, 4) is 0 Å². The Hall–Kier alpha value is -0.0800. The summed E-state index contributed by atoms with van der Waals surface area (Å²) in [4.78, 5) is 0. The molecular weight excluding hydrogens is 198 g/mol. The first-order valence-corrected chi connectivity index (χ1v) is 6.77. The molecule has 0 radical (unpaired) electrons. The lowest BCUT2D eigenvalue weighted by Gasteiger charge is -2.44. The van der Waals surface area contributed by atoms with Gasteiger partial charge in [-0.2, -0.15) is 0 Å². The van der Waals surface area contributed by atoms with E-state index in [4.69, 9.17) is 5.11 Å². The quantitative estimate of drug-likeness (QED) is 0.770. The number of hydrogen-bond acceptors (Lipinski definition) is 2. The van der Waals surface area contributed by atoms with Crippen LogP contribution in [0, 0.1) is 16.7 Å². The molecule has 4 atom stereocenters. The van der Waals surface area contributed by atoms with Gasteiger partial charge in [-0.05, 0) is 49.4 Å². The van der Waals surface area contributed by atoms with E-state index in [-0.39, 0.29) is 0 Å². The Bertz CT molecular complexity index is 259. The second-order valence-electron chi connectivity index (χ2n) is 6.93. The minimum atomic E-state index is 0.293. The SMILES string of the molecule is CC(CCO)NC1C(C)(C)[C@H]2CC[C@]1(C)C2. The van der Waals surface area contributed by atoms with Gasteiger partial charge in [0.15, 0.2) is 0 Å². The molecule has 0 aliphatic heterocycles. The maximum absolute atomic E-state index is 9.00. The Morgan fingerprint density at radius 2 is 2.06 bits per heavy atom. The third-order valence-electron chi connectivity index (χ3n) is 5.28. The van der Waals surface area contributed by atoms with E-state index in [1.807, 2.05) is 0 Å². The van der Waals surface area contributed by atoms with Crippen molar-refractivity contribution < 1.29 is 5.11 Å². The Balaban J connectivity index is 2.08. The molecule has 2 fully saturated rings. The third kappa shape index (κ3) is 1.80. The molecule has 0 saturated heterocycles. The molecule has 0 aromatic heterocycles. The maximum atomic E-state index is 9.00. The molecule has 94 valence electrons. The highest BCUT2D eigenvalue weighted by Crippen LogP contribution is 2.62. The van der Waals surface area contributed by atoms with Crippen molar-refractivity contribution in [3.63, 3.8) is 0 Å². The Kier molecular flexibility index (Phi) is 3.09. The van der Waals surface area contributed by atoms with Gasteiger partial charge in [-0.25, -0.2) is 0 Å². The van der Waals surface area contributed by atoms with E-state index in [0.29, 0.717) is 29.5 Å². The van der Waals surface area contributed by atoms with E-state index < -0.39 is 0 Å². The standard InChI is InChI=1S/C14H27NO/c1-10(6-8-16)15-12-13(2,3)11-5-7-14(12,4)9-11/h10-12,15-16H,5-9H2,1-4H3/t10?,11-,12?,14+/m0/s1. The Morgan fingerprint density at radius 3 is 2.56 bits per heavy atom. The normalized spacial score (nSPS) is 42.6. The van der Waals surface area contributed by atoms with Crippen LogP contribution in [0.3, 0.4) is 0 Å². The van der Waals surface area contributed by atoms with Crippen molar-refractivity contribution in [3.05, 3.63) is 0 Å². The summed E-state index contributed by atoms with van der Waals surface area (Å²) < 4.78 is 0. The number of aliphatic hydroxyl groups excluding tert-OH is 1. The van der Waals surface area contributed by atoms with Gasteiger partial charge in [0.1, 0.15) is 0 Å². The number of fused-ring (bicyclic) bond motifs is 2. The minimum absolute atomic E-state index is 0.293. The van der Waals surface area contributed by atoms with Crippen LogP contribution in [0.25, 0.3) is 0 Å². The number of hydrogen-bond donors (Lipinski definition) is 2. The van der Waals surface area contributed by atoms with Crippen LogP contribution in [0.15, 0.2) is 0 Å². The van der Waals surface area contributed by atoms with E-state index in [9.17, 15) is 0 Å². The Labute approximate surface area is 99.8 Å². The molecule has 16 heavy (non-hydrogen) atoms. The zero-order valence-electron chi connectivity index (χ0n) is 11.2. The molecule has 2 bridgehead atoms. The van der Waals surface area contributed by atoms with Crippen LogP contribution >= 0.6 is 0 Å². The smallest absolute Gasteiger partial charge is 0.0445 e. The average molecular weight is 225 g/mol. The summed E-state index contributed by atoms with van der Waals surface area (Å²) in [6, 6.07) is 1.06. The molecule has 2 heteroatoms. The Morgan fingerprint density at radius 1 is 1.38 bits per heavy atom. The molecule has 2 nitrogen and oxygen atoms in total. The summed E-state index contributed by atoms with van der Waals surface area (Å²) in [5.41, 5.74) is 0.925. The van der Waals surface area contributed by atoms with Gasteiger partial charge < -0.3 is 10.4 Å². The van der Waals surface area contributed by atoms with Crippen LogP contribution in [-0.4, -0.2) is 23.8 Å². The molecule has 2 aliphatic carbocycles. The van der Waals surface area contributed by atoms with Gasteiger partial charge in [0, 0.05) is 18.7 Å². The lowest BCUT2D eigenvalue weighted by atomic mass is 9.68. The molecule has 2 saturated carbocycles. The molecule has 0 aromatic carbocycles. The van der Waals surface area contributed by atoms with Crippen LogP contribution in [0.5, 0.6) is 0 Å². The number of nitrogens with one attached hydrogen (secondary N) is 1. The van der Waals surface area contributed by atoms with Gasteiger partial charge in [0.25, 0.3) is 0 Å². The van der Waals surface area contributed by atoms with Crippen molar-refractivity contribution >= 4 is 0 Å². The van der Waals surface area contributed by atoms with Gasteiger partial charge in [-0.1, -0.05) is 20.8 Å². The zero-order valence-corrected chi connectivity index (χ0v) is 11.2. The van der Waals surface area contributed by atoms with E-state index in [1.165, 1.54) is 19.3 Å². The number of rotatable bonds is 4. The van der Waals surface area contributed by atoms with E-state index >= 15 is 0 Å². The summed E-state index contributed by atoms with van der Waals surface area (Å²) in [5, 5.41) is 12.8. The molecule has 2 N–H and O–H groups in total. The molecular formula is C14H27NO. The van der Waals surface area contributed by atoms with Crippen molar-refractivity contribution in [2.75, 3.05) is 6.61 Å². The van der Waals surface area contributed by atoms with Crippen molar-refractivity contribution in [2.24, 2.45) is 16.7 Å². The molecule has 2 rings (SSSR count). The van der Waals surface area contributed by atoms with Crippen LogP contribution in [0.2, 0.25) is 0 Å². The largest absolute Gasteiger partial charge is 0.396 e. The second kappa shape index (κ2) is 3.99. The zero-order chi connectivity index (χ0) is 12.0. The topological polar surface area (TPSA) is 32.3 Å². The van der Waals surface area contributed by atoms with Crippen LogP contribution in [0.4, 0.5) is 0 Å².